The van der Waals surface area contributed by atoms with Crippen molar-refractivity contribution in [2.24, 2.45) is 0 Å². The summed E-state index contributed by atoms with van der Waals surface area (Å²) in [7, 11) is 0. The number of nitrogens with one attached hydrogen (secondary N) is 1. The number of hydrogen-bond donors (Lipinski definition) is 1. The molecule has 8 nitrogen and oxygen atoms in total. The molecule has 0 aliphatic carbocycles. The Kier molecular flexibility index (Phi) is 5.16. The van der Waals surface area contributed by atoms with Crippen LogP contribution in [0.5, 0.6) is 0 Å². The topological polar surface area (TPSA) is 95.1 Å². The van der Waals surface area contributed by atoms with Gasteiger partial charge in [-0.1, -0.05) is 12.1 Å². The summed E-state index contributed by atoms with van der Waals surface area (Å²) in [5.74, 6) is 0.765. The molecule has 1 atom stereocenters. The number of H-pyrrole nitrogens is 1. The van der Waals surface area contributed by atoms with Gasteiger partial charge in [0, 0.05) is 42.9 Å². The van der Waals surface area contributed by atoms with Gasteiger partial charge in [0.05, 0.1) is 6.54 Å². The summed E-state index contributed by atoms with van der Waals surface area (Å²) in [5.41, 5.74) is 2.97. The zero-order valence-electron chi connectivity index (χ0n) is 17.7. The Morgan fingerprint density at radius 3 is 2.91 bits per heavy atom. The van der Waals surface area contributed by atoms with Crippen LogP contribution in [0.25, 0.3) is 0 Å². The lowest BCUT2D eigenvalue weighted by molar-refractivity contribution is -0.119. The van der Waals surface area contributed by atoms with E-state index in [0.29, 0.717) is 48.8 Å². The molecule has 1 fully saturated rings. The molecular weight excluding hydrogens is 411 g/mol. The second-order valence-corrected chi connectivity index (χ2v) is 8.29. The third kappa shape index (κ3) is 3.74. The highest BCUT2D eigenvalue weighted by Gasteiger charge is 2.33. The van der Waals surface area contributed by atoms with Gasteiger partial charge >= 0.3 is 0 Å². The van der Waals surface area contributed by atoms with E-state index in [4.69, 9.17) is 9.97 Å². The van der Waals surface area contributed by atoms with E-state index in [1.807, 2.05) is 6.92 Å². The predicted octanol–water partition coefficient (Wildman–Crippen LogP) is 2.76. The van der Waals surface area contributed by atoms with Crippen LogP contribution in [0.4, 0.5) is 10.2 Å². The summed E-state index contributed by atoms with van der Waals surface area (Å²) in [6.07, 6.45) is 3.27. The van der Waals surface area contributed by atoms with Crippen molar-refractivity contribution in [3.05, 3.63) is 70.7 Å². The number of aromatic amines is 1. The summed E-state index contributed by atoms with van der Waals surface area (Å²) in [6.45, 7) is 3.30. The number of carbonyl (C=O) groups is 2. The number of benzene rings is 1. The van der Waals surface area contributed by atoms with Crippen LogP contribution in [0.3, 0.4) is 0 Å². The highest BCUT2D eigenvalue weighted by atomic mass is 19.1. The van der Waals surface area contributed by atoms with Crippen molar-refractivity contribution in [3.63, 3.8) is 0 Å². The number of aryl methyl sites for hydroxylation is 1. The van der Waals surface area contributed by atoms with Gasteiger partial charge in [-0.15, -0.1) is 0 Å². The maximum atomic E-state index is 13.7. The van der Waals surface area contributed by atoms with Gasteiger partial charge in [0.25, 0.3) is 5.91 Å². The molecule has 3 aromatic rings. The fraction of sp³-hybridized carbons (Fsp3) is 0.348. The molecule has 9 heteroatoms. The van der Waals surface area contributed by atoms with E-state index >= 15 is 0 Å². The van der Waals surface area contributed by atoms with E-state index in [1.54, 1.807) is 34.2 Å². The molecule has 1 unspecified atom stereocenters. The number of nitrogens with zero attached hydrogens (tertiary/aromatic N) is 5. The molecule has 2 aliphatic heterocycles. The van der Waals surface area contributed by atoms with Gasteiger partial charge in [-0.05, 0) is 43.5 Å². The first-order valence-electron chi connectivity index (χ1n) is 10.7. The van der Waals surface area contributed by atoms with Crippen molar-refractivity contribution < 1.29 is 14.0 Å². The van der Waals surface area contributed by atoms with Crippen LogP contribution in [-0.4, -0.2) is 50.0 Å². The zero-order valence-corrected chi connectivity index (χ0v) is 17.7. The molecule has 2 aromatic heterocycles. The minimum absolute atomic E-state index is 0.0149. The Bertz CT molecular complexity index is 1180. The first kappa shape index (κ1) is 20.3. The molecule has 2 aliphatic rings. The largest absolute Gasteiger partial charge is 0.337 e. The number of halogens is 1. The number of anilines is 1. The molecule has 32 heavy (non-hydrogen) atoms. The third-order valence-electron chi connectivity index (χ3n) is 6.16. The highest BCUT2D eigenvalue weighted by molar-refractivity contribution is 5.95. The lowest BCUT2D eigenvalue weighted by atomic mass is 10.0. The Morgan fingerprint density at radius 1 is 1.25 bits per heavy atom. The van der Waals surface area contributed by atoms with Crippen molar-refractivity contribution in [3.8, 4) is 0 Å². The minimum atomic E-state index is -0.334. The fourth-order valence-corrected chi connectivity index (χ4v) is 4.47. The molecule has 2 amide bonds. The lowest BCUT2D eigenvalue weighted by Gasteiger charge is -2.30. The Labute approximate surface area is 184 Å². The number of rotatable bonds is 4. The molecule has 0 radical (unpaired) electrons. The van der Waals surface area contributed by atoms with Crippen LogP contribution >= 0.6 is 0 Å². The number of carbonyl (C=O) groups excluding carboxylic acids is 2. The first-order valence-corrected chi connectivity index (χ1v) is 10.7. The normalized spacial score (nSPS) is 18.2. The zero-order chi connectivity index (χ0) is 22.2. The summed E-state index contributed by atoms with van der Waals surface area (Å²) in [5, 5.41) is 6.56. The van der Waals surface area contributed by atoms with Gasteiger partial charge in [0.2, 0.25) is 5.91 Å². The predicted molar refractivity (Wildman–Crippen MR) is 115 cm³/mol. The summed E-state index contributed by atoms with van der Waals surface area (Å²) in [4.78, 5) is 38.4. The second kappa shape index (κ2) is 8.14. The highest BCUT2D eigenvalue weighted by Crippen LogP contribution is 2.33. The Hall–Kier alpha value is -3.62. The summed E-state index contributed by atoms with van der Waals surface area (Å²) >= 11 is 0. The monoisotopic (exact) mass is 434 g/mol. The second-order valence-electron chi connectivity index (χ2n) is 8.29. The van der Waals surface area contributed by atoms with Crippen molar-refractivity contribution in [2.75, 3.05) is 18.0 Å². The lowest BCUT2D eigenvalue weighted by Crippen LogP contribution is -2.36. The molecule has 1 saturated heterocycles. The molecule has 1 aromatic carbocycles. The van der Waals surface area contributed by atoms with Crippen LogP contribution in [0.15, 0.2) is 36.5 Å². The van der Waals surface area contributed by atoms with Crippen molar-refractivity contribution in [1.29, 1.82) is 0 Å². The van der Waals surface area contributed by atoms with Crippen molar-refractivity contribution in [1.82, 2.24) is 25.1 Å². The van der Waals surface area contributed by atoms with Crippen LogP contribution < -0.4 is 4.90 Å². The summed E-state index contributed by atoms with van der Waals surface area (Å²) in [6, 6.07) is 7.92. The van der Waals surface area contributed by atoms with Crippen LogP contribution in [0.2, 0.25) is 0 Å². The van der Waals surface area contributed by atoms with Crippen LogP contribution in [0.1, 0.15) is 51.9 Å². The smallest absolute Gasteiger partial charge is 0.271 e. The number of likely N-dealkylation sites (tertiary alicyclic amines) is 1. The molecule has 0 bridgehead atoms. The molecule has 1 N–H and O–H groups in total. The number of hydrogen-bond acceptors (Lipinski definition) is 5. The van der Waals surface area contributed by atoms with E-state index in [2.05, 4.69) is 10.2 Å². The third-order valence-corrected chi connectivity index (χ3v) is 6.16. The van der Waals surface area contributed by atoms with Gasteiger partial charge < -0.3 is 4.90 Å². The van der Waals surface area contributed by atoms with E-state index in [-0.39, 0.29) is 30.1 Å². The van der Waals surface area contributed by atoms with Gasteiger partial charge in [-0.25, -0.2) is 14.4 Å². The van der Waals surface area contributed by atoms with E-state index in [1.165, 1.54) is 12.1 Å². The first-order chi connectivity index (χ1) is 15.5. The SMILES string of the molecule is Cc1nc(C2CCN(C(=O)c3ccn[nH]3)C2)nc2c1CCC(=O)N2Cc1cccc(F)c1. The van der Waals surface area contributed by atoms with E-state index in [0.717, 1.165) is 17.7 Å². The van der Waals surface area contributed by atoms with E-state index < -0.39 is 0 Å². The van der Waals surface area contributed by atoms with Gasteiger partial charge in [0.1, 0.15) is 23.2 Å². The fourth-order valence-electron chi connectivity index (χ4n) is 4.47. The van der Waals surface area contributed by atoms with Gasteiger partial charge in [0.15, 0.2) is 0 Å². The molecule has 164 valence electrons. The maximum absolute atomic E-state index is 13.7. The molecule has 5 rings (SSSR count). The van der Waals surface area contributed by atoms with Crippen molar-refractivity contribution in [2.45, 2.75) is 38.6 Å². The molecule has 4 heterocycles. The number of aromatic nitrogens is 4. The standard InChI is InChI=1S/C23H23FN6O2/c1-14-18-5-6-20(31)30(12-15-3-2-4-17(24)11-15)22(18)27-21(26-14)16-8-10-29(13-16)23(32)19-7-9-25-28-19/h2-4,7,9,11,16H,5-6,8,10,12-13H2,1H3,(H,25,28). The average Bonchev–Trinajstić information content (AvgIpc) is 3.48. The Morgan fingerprint density at radius 2 is 2.12 bits per heavy atom. The van der Waals surface area contributed by atoms with Gasteiger partial charge in [-0.3, -0.25) is 19.6 Å². The Balaban J connectivity index is 1.42. The summed E-state index contributed by atoms with van der Waals surface area (Å²) < 4.78 is 13.7. The van der Waals surface area contributed by atoms with Crippen LogP contribution in [0, 0.1) is 12.7 Å². The quantitative estimate of drug-likeness (QED) is 0.681. The maximum Gasteiger partial charge on any atom is 0.271 e. The average molecular weight is 434 g/mol. The van der Waals surface area contributed by atoms with Gasteiger partial charge in [-0.2, -0.15) is 5.10 Å². The number of fused-ring (bicyclic) bond motifs is 1. The molecule has 0 spiro atoms. The molecule has 0 saturated carbocycles. The van der Waals surface area contributed by atoms with Crippen molar-refractivity contribution >= 4 is 17.6 Å². The van der Waals surface area contributed by atoms with Crippen LogP contribution in [-0.2, 0) is 17.8 Å². The number of amides is 2. The van der Waals surface area contributed by atoms with E-state index in [9.17, 15) is 14.0 Å². The molecular formula is C23H23FN6O2. The minimum Gasteiger partial charge on any atom is -0.337 e.